The Morgan fingerprint density at radius 1 is 1.00 bits per heavy atom. The number of aryl methyl sites for hydroxylation is 1. The number of thiophene rings is 1. The molecule has 2 heteroatoms. The normalized spacial score (nSPS) is 12.5. The summed E-state index contributed by atoms with van der Waals surface area (Å²) in [6.45, 7) is 5.51. The minimum atomic E-state index is 0.435. The number of hydrogen-bond donors (Lipinski definition) is 1. The molecule has 0 aliphatic carbocycles. The average Bonchev–Trinajstić information content (AvgIpc) is 2.92. The van der Waals surface area contributed by atoms with Gasteiger partial charge in [0.25, 0.3) is 0 Å². The highest BCUT2D eigenvalue weighted by Crippen LogP contribution is 2.24. The smallest absolute Gasteiger partial charge is 0.0368 e. The summed E-state index contributed by atoms with van der Waals surface area (Å²) in [5.74, 6) is 0. The summed E-state index contributed by atoms with van der Waals surface area (Å²) in [6.07, 6.45) is 3.41. The Bertz CT molecular complexity index is 475. The monoisotopic (exact) mass is 273 g/mol. The lowest BCUT2D eigenvalue weighted by molar-refractivity contribution is 0.532. The number of nitrogens with one attached hydrogen (secondary N) is 1. The van der Waals surface area contributed by atoms with Gasteiger partial charge in [-0.15, -0.1) is 11.3 Å². The summed E-state index contributed by atoms with van der Waals surface area (Å²) in [5.41, 5.74) is 1.39. The van der Waals surface area contributed by atoms with Crippen LogP contribution in [0.3, 0.4) is 0 Å². The second kappa shape index (κ2) is 7.46. The zero-order valence-electron chi connectivity index (χ0n) is 11.9. The van der Waals surface area contributed by atoms with Gasteiger partial charge in [0.1, 0.15) is 0 Å². The van der Waals surface area contributed by atoms with E-state index in [0.717, 1.165) is 19.4 Å². The van der Waals surface area contributed by atoms with Gasteiger partial charge in [-0.3, -0.25) is 0 Å². The first-order valence-corrected chi connectivity index (χ1v) is 8.01. The van der Waals surface area contributed by atoms with Gasteiger partial charge in [-0.1, -0.05) is 44.2 Å². The van der Waals surface area contributed by atoms with Gasteiger partial charge in [0.2, 0.25) is 0 Å². The molecule has 19 heavy (non-hydrogen) atoms. The molecule has 1 N–H and O–H groups in total. The van der Waals surface area contributed by atoms with Crippen LogP contribution in [0.1, 0.15) is 41.6 Å². The van der Waals surface area contributed by atoms with Crippen LogP contribution in [-0.2, 0) is 12.8 Å². The fourth-order valence-electron chi connectivity index (χ4n) is 2.24. The first-order valence-electron chi connectivity index (χ1n) is 7.19. The Morgan fingerprint density at radius 2 is 1.74 bits per heavy atom. The highest BCUT2D eigenvalue weighted by Gasteiger charge is 2.12. The van der Waals surface area contributed by atoms with Crippen molar-refractivity contribution in [1.29, 1.82) is 0 Å². The molecule has 0 amide bonds. The van der Waals surface area contributed by atoms with Gasteiger partial charge >= 0.3 is 0 Å². The topological polar surface area (TPSA) is 12.0 Å². The van der Waals surface area contributed by atoms with Gasteiger partial charge in [-0.05, 0) is 37.1 Å². The highest BCUT2D eigenvalue weighted by atomic mass is 32.1. The lowest BCUT2D eigenvalue weighted by Crippen LogP contribution is -2.23. The van der Waals surface area contributed by atoms with Crippen molar-refractivity contribution in [2.24, 2.45) is 0 Å². The molecule has 2 rings (SSSR count). The van der Waals surface area contributed by atoms with Crippen LogP contribution in [0.15, 0.2) is 42.5 Å². The third-order valence-corrected chi connectivity index (χ3v) is 4.57. The third-order valence-electron chi connectivity index (χ3n) is 3.31. The van der Waals surface area contributed by atoms with E-state index in [2.05, 4.69) is 61.6 Å². The Morgan fingerprint density at radius 3 is 2.37 bits per heavy atom. The molecule has 0 aliphatic heterocycles. The summed E-state index contributed by atoms with van der Waals surface area (Å²) < 4.78 is 0. The first kappa shape index (κ1) is 14.3. The molecule has 0 spiro atoms. The molecule has 1 atom stereocenters. The van der Waals surface area contributed by atoms with Crippen LogP contribution in [0.25, 0.3) is 0 Å². The summed E-state index contributed by atoms with van der Waals surface area (Å²) in [4.78, 5) is 2.96. The maximum absolute atomic E-state index is 3.67. The SMILES string of the molecule is CCCNC(Cc1ccc(CC)s1)c1ccccc1. The summed E-state index contributed by atoms with van der Waals surface area (Å²) in [6, 6.07) is 15.8. The van der Waals surface area contributed by atoms with Crippen LogP contribution in [0.5, 0.6) is 0 Å². The molecule has 1 aromatic carbocycles. The van der Waals surface area contributed by atoms with E-state index < -0.39 is 0 Å². The minimum Gasteiger partial charge on any atom is -0.310 e. The molecule has 1 nitrogen and oxygen atoms in total. The molecule has 2 aromatic rings. The zero-order valence-corrected chi connectivity index (χ0v) is 12.7. The van der Waals surface area contributed by atoms with Crippen molar-refractivity contribution in [2.75, 3.05) is 6.54 Å². The Balaban J connectivity index is 2.09. The second-order valence-corrected chi connectivity index (χ2v) is 6.10. The van der Waals surface area contributed by atoms with E-state index >= 15 is 0 Å². The van der Waals surface area contributed by atoms with Crippen LogP contribution in [0.4, 0.5) is 0 Å². The second-order valence-electron chi connectivity index (χ2n) is 4.84. The van der Waals surface area contributed by atoms with Crippen LogP contribution in [0, 0.1) is 0 Å². The van der Waals surface area contributed by atoms with Crippen molar-refractivity contribution in [1.82, 2.24) is 5.32 Å². The molecule has 0 fully saturated rings. The fourth-order valence-corrected chi connectivity index (χ4v) is 3.24. The maximum Gasteiger partial charge on any atom is 0.0368 e. The van der Waals surface area contributed by atoms with E-state index in [1.807, 2.05) is 11.3 Å². The van der Waals surface area contributed by atoms with Crippen molar-refractivity contribution in [3.63, 3.8) is 0 Å². The zero-order chi connectivity index (χ0) is 13.5. The maximum atomic E-state index is 3.67. The molecule has 0 saturated heterocycles. The molecular weight excluding hydrogens is 250 g/mol. The lowest BCUT2D eigenvalue weighted by Gasteiger charge is -2.18. The first-order chi connectivity index (χ1) is 9.33. The van der Waals surface area contributed by atoms with Gasteiger partial charge in [0, 0.05) is 22.2 Å². The number of hydrogen-bond acceptors (Lipinski definition) is 2. The summed E-state index contributed by atoms with van der Waals surface area (Å²) in [7, 11) is 0. The molecule has 1 aromatic heterocycles. The Kier molecular flexibility index (Phi) is 5.62. The van der Waals surface area contributed by atoms with Crippen LogP contribution in [0.2, 0.25) is 0 Å². The number of rotatable bonds is 7. The number of benzene rings is 1. The predicted molar refractivity (Wildman–Crippen MR) is 84.9 cm³/mol. The van der Waals surface area contributed by atoms with E-state index in [9.17, 15) is 0 Å². The van der Waals surface area contributed by atoms with Gasteiger partial charge in [0.05, 0.1) is 0 Å². The molecule has 0 radical (unpaired) electrons. The van der Waals surface area contributed by atoms with Gasteiger partial charge < -0.3 is 5.32 Å². The van der Waals surface area contributed by atoms with Gasteiger partial charge in [-0.2, -0.15) is 0 Å². The van der Waals surface area contributed by atoms with Crippen molar-refractivity contribution in [3.8, 4) is 0 Å². The Labute approximate surface area is 120 Å². The predicted octanol–water partition coefficient (Wildman–Crippen LogP) is 4.59. The molecule has 0 aliphatic rings. The molecular formula is C17H23NS. The van der Waals surface area contributed by atoms with Crippen molar-refractivity contribution in [2.45, 2.75) is 39.2 Å². The van der Waals surface area contributed by atoms with Crippen molar-refractivity contribution >= 4 is 11.3 Å². The molecule has 0 bridgehead atoms. The van der Waals surface area contributed by atoms with Crippen LogP contribution in [-0.4, -0.2) is 6.54 Å². The molecule has 0 saturated carbocycles. The standard InChI is InChI=1S/C17H23NS/c1-3-12-18-17(14-8-6-5-7-9-14)13-16-11-10-15(4-2)19-16/h5-11,17-18H,3-4,12-13H2,1-2H3. The van der Waals surface area contributed by atoms with Crippen molar-refractivity contribution < 1.29 is 0 Å². The van der Waals surface area contributed by atoms with E-state index in [4.69, 9.17) is 0 Å². The van der Waals surface area contributed by atoms with E-state index in [-0.39, 0.29) is 0 Å². The van der Waals surface area contributed by atoms with E-state index in [0.29, 0.717) is 6.04 Å². The minimum absolute atomic E-state index is 0.435. The molecule has 102 valence electrons. The third kappa shape index (κ3) is 4.19. The average molecular weight is 273 g/mol. The van der Waals surface area contributed by atoms with Crippen LogP contribution >= 0.6 is 11.3 Å². The van der Waals surface area contributed by atoms with E-state index in [1.165, 1.54) is 21.7 Å². The molecule has 1 unspecified atom stereocenters. The van der Waals surface area contributed by atoms with Crippen molar-refractivity contribution in [3.05, 3.63) is 57.8 Å². The lowest BCUT2D eigenvalue weighted by atomic mass is 10.0. The highest BCUT2D eigenvalue weighted by molar-refractivity contribution is 7.11. The molecule has 1 heterocycles. The van der Waals surface area contributed by atoms with E-state index in [1.54, 1.807) is 0 Å². The fraction of sp³-hybridized carbons (Fsp3) is 0.412. The van der Waals surface area contributed by atoms with Gasteiger partial charge in [0.15, 0.2) is 0 Å². The van der Waals surface area contributed by atoms with Crippen LogP contribution < -0.4 is 5.32 Å². The largest absolute Gasteiger partial charge is 0.310 e. The van der Waals surface area contributed by atoms with Gasteiger partial charge in [-0.25, -0.2) is 0 Å². The summed E-state index contributed by atoms with van der Waals surface area (Å²) >= 11 is 1.95. The summed E-state index contributed by atoms with van der Waals surface area (Å²) in [5, 5.41) is 3.67. The quantitative estimate of drug-likeness (QED) is 0.777. The Hall–Kier alpha value is -1.12.